The molecule has 152 valence electrons. The summed E-state index contributed by atoms with van der Waals surface area (Å²) in [7, 11) is -1.40. The minimum absolute atomic E-state index is 0.0915. The van der Waals surface area contributed by atoms with Crippen LogP contribution in [0.4, 0.5) is 18.9 Å². The number of ether oxygens (including phenoxy) is 2. The summed E-state index contributed by atoms with van der Waals surface area (Å²) >= 11 is 0. The zero-order chi connectivity index (χ0) is 20.9. The average molecular weight is 418 g/mol. The molecular formula is C17H17F3N2O5S. The maximum absolute atomic E-state index is 12.6. The minimum atomic E-state index is -4.58. The number of benzene rings is 2. The molecule has 0 radical (unpaired) electrons. The van der Waals surface area contributed by atoms with E-state index in [9.17, 15) is 26.4 Å². The zero-order valence-electron chi connectivity index (χ0n) is 14.8. The molecule has 0 atom stereocenters. The van der Waals surface area contributed by atoms with Gasteiger partial charge in [-0.3, -0.25) is 9.52 Å². The topological polar surface area (TPSA) is 93.7 Å². The van der Waals surface area contributed by atoms with E-state index in [-0.39, 0.29) is 21.9 Å². The number of carbonyl (C=O) groups excluding carboxylic acids is 1. The molecule has 0 aliphatic rings. The Balaban J connectivity index is 2.28. The lowest BCUT2D eigenvalue weighted by Gasteiger charge is -2.14. The van der Waals surface area contributed by atoms with E-state index >= 15 is 0 Å². The van der Waals surface area contributed by atoms with Crippen molar-refractivity contribution >= 4 is 21.6 Å². The first-order valence-electron chi connectivity index (χ1n) is 7.75. The first-order chi connectivity index (χ1) is 13.1. The van der Waals surface area contributed by atoms with E-state index in [0.29, 0.717) is 5.75 Å². The lowest BCUT2D eigenvalue weighted by molar-refractivity contribution is -0.123. The largest absolute Gasteiger partial charge is 0.497 e. The Morgan fingerprint density at radius 1 is 1.07 bits per heavy atom. The fourth-order valence-corrected chi connectivity index (χ4v) is 3.29. The number of sulfonamides is 1. The summed E-state index contributed by atoms with van der Waals surface area (Å²) in [5.74, 6) is -0.449. The molecule has 0 saturated carbocycles. The number of hydrogen-bond donors (Lipinski definition) is 2. The Bertz CT molecular complexity index is 962. The number of amides is 1. The highest BCUT2D eigenvalue weighted by Gasteiger charge is 2.28. The number of alkyl halides is 3. The van der Waals surface area contributed by atoms with Gasteiger partial charge in [0, 0.05) is 11.6 Å². The van der Waals surface area contributed by atoms with E-state index in [2.05, 4.69) is 4.72 Å². The molecule has 0 heterocycles. The van der Waals surface area contributed by atoms with Crippen LogP contribution in [0.3, 0.4) is 0 Å². The van der Waals surface area contributed by atoms with Crippen LogP contribution in [-0.4, -0.2) is 41.3 Å². The molecule has 0 aromatic heterocycles. The molecule has 2 aromatic carbocycles. The van der Waals surface area contributed by atoms with Gasteiger partial charge < -0.3 is 14.8 Å². The van der Waals surface area contributed by atoms with Gasteiger partial charge in [0.2, 0.25) is 0 Å². The van der Waals surface area contributed by atoms with Crippen molar-refractivity contribution in [2.45, 2.75) is 11.1 Å². The highest BCUT2D eigenvalue weighted by molar-refractivity contribution is 7.92. The molecule has 0 spiro atoms. The maximum atomic E-state index is 12.6. The Morgan fingerprint density at radius 2 is 1.79 bits per heavy atom. The average Bonchev–Trinajstić information content (AvgIpc) is 2.65. The fourth-order valence-electron chi connectivity index (χ4n) is 2.18. The molecule has 0 unspecified atom stereocenters. The van der Waals surface area contributed by atoms with Gasteiger partial charge in [-0.2, -0.15) is 13.2 Å². The van der Waals surface area contributed by atoms with Crippen molar-refractivity contribution in [3.63, 3.8) is 0 Å². The van der Waals surface area contributed by atoms with Gasteiger partial charge in [-0.05, 0) is 30.3 Å². The van der Waals surface area contributed by atoms with E-state index in [1.165, 1.54) is 44.6 Å². The molecule has 11 heteroatoms. The summed E-state index contributed by atoms with van der Waals surface area (Å²) in [6, 6.07) is 9.10. The summed E-state index contributed by atoms with van der Waals surface area (Å²) in [6.07, 6.45) is -4.58. The molecule has 2 aromatic rings. The van der Waals surface area contributed by atoms with Gasteiger partial charge in [0.1, 0.15) is 18.0 Å². The standard InChI is InChI=1S/C17H17F3N2O5S/c1-26-12-6-7-15(27-2)14(9-12)22-28(24,25)13-5-3-4-11(8-13)16(23)21-10-17(18,19)20/h3-9,22H,10H2,1-2H3,(H,21,23). The number of halogens is 3. The van der Waals surface area contributed by atoms with Crippen LogP contribution in [0.5, 0.6) is 11.5 Å². The van der Waals surface area contributed by atoms with E-state index in [4.69, 9.17) is 9.47 Å². The highest BCUT2D eigenvalue weighted by Crippen LogP contribution is 2.31. The van der Waals surface area contributed by atoms with Crippen molar-refractivity contribution in [3.8, 4) is 11.5 Å². The zero-order valence-corrected chi connectivity index (χ0v) is 15.6. The van der Waals surface area contributed by atoms with Crippen LogP contribution in [0.1, 0.15) is 10.4 Å². The summed E-state index contributed by atoms with van der Waals surface area (Å²) in [6.45, 7) is -1.53. The van der Waals surface area contributed by atoms with Crippen LogP contribution in [0, 0.1) is 0 Å². The van der Waals surface area contributed by atoms with E-state index < -0.39 is 28.7 Å². The normalized spacial score (nSPS) is 11.6. The van der Waals surface area contributed by atoms with Crippen molar-refractivity contribution in [2.75, 3.05) is 25.5 Å². The number of anilines is 1. The van der Waals surface area contributed by atoms with Crippen LogP contribution in [-0.2, 0) is 10.0 Å². The smallest absolute Gasteiger partial charge is 0.405 e. The third-order valence-electron chi connectivity index (χ3n) is 3.51. The molecule has 1 amide bonds. The lowest BCUT2D eigenvalue weighted by Crippen LogP contribution is -2.33. The van der Waals surface area contributed by atoms with Gasteiger partial charge in [-0.15, -0.1) is 0 Å². The second-order valence-electron chi connectivity index (χ2n) is 5.50. The molecule has 0 bridgehead atoms. The van der Waals surface area contributed by atoms with E-state index in [1.54, 1.807) is 11.4 Å². The molecular weight excluding hydrogens is 401 g/mol. The molecule has 2 rings (SSSR count). The molecule has 0 aliphatic heterocycles. The van der Waals surface area contributed by atoms with Crippen LogP contribution < -0.4 is 19.5 Å². The summed E-state index contributed by atoms with van der Waals surface area (Å²) < 4.78 is 74.4. The molecule has 28 heavy (non-hydrogen) atoms. The third-order valence-corrected chi connectivity index (χ3v) is 4.87. The number of carbonyl (C=O) groups is 1. The van der Waals surface area contributed by atoms with Gasteiger partial charge in [0.25, 0.3) is 15.9 Å². The summed E-state index contributed by atoms with van der Waals surface area (Å²) in [4.78, 5) is 11.5. The number of nitrogens with one attached hydrogen (secondary N) is 2. The van der Waals surface area contributed by atoms with Crippen molar-refractivity contribution in [1.82, 2.24) is 5.32 Å². The quantitative estimate of drug-likeness (QED) is 0.721. The Kier molecular flexibility index (Phi) is 6.39. The minimum Gasteiger partial charge on any atom is -0.497 e. The van der Waals surface area contributed by atoms with Crippen molar-refractivity contribution in [3.05, 3.63) is 48.0 Å². The summed E-state index contributed by atoms with van der Waals surface area (Å²) in [5.41, 5.74) is -0.140. The van der Waals surface area contributed by atoms with Crippen molar-refractivity contribution < 1.29 is 35.9 Å². The van der Waals surface area contributed by atoms with Gasteiger partial charge in [0.05, 0.1) is 24.8 Å². The Hall–Kier alpha value is -2.95. The predicted octanol–water partition coefficient (Wildman–Crippen LogP) is 2.80. The highest BCUT2D eigenvalue weighted by atomic mass is 32.2. The Morgan fingerprint density at radius 3 is 2.39 bits per heavy atom. The van der Waals surface area contributed by atoms with Gasteiger partial charge in [-0.1, -0.05) is 6.07 Å². The van der Waals surface area contributed by atoms with Crippen molar-refractivity contribution in [2.24, 2.45) is 0 Å². The first kappa shape index (κ1) is 21.4. The van der Waals surface area contributed by atoms with E-state index in [0.717, 1.165) is 6.07 Å². The SMILES string of the molecule is COc1ccc(OC)c(NS(=O)(=O)c2cccc(C(=O)NCC(F)(F)F)c2)c1. The first-order valence-corrected chi connectivity index (χ1v) is 9.24. The molecule has 2 N–H and O–H groups in total. The molecule has 0 aliphatic carbocycles. The van der Waals surface area contributed by atoms with Gasteiger partial charge >= 0.3 is 6.18 Å². The van der Waals surface area contributed by atoms with E-state index in [1.807, 2.05) is 0 Å². The van der Waals surface area contributed by atoms with Crippen LogP contribution in [0.2, 0.25) is 0 Å². The number of rotatable bonds is 7. The van der Waals surface area contributed by atoms with Crippen LogP contribution in [0.25, 0.3) is 0 Å². The van der Waals surface area contributed by atoms with Gasteiger partial charge in [0.15, 0.2) is 0 Å². The lowest BCUT2D eigenvalue weighted by atomic mass is 10.2. The maximum Gasteiger partial charge on any atom is 0.405 e. The van der Waals surface area contributed by atoms with Crippen LogP contribution in [0.15, 0.2) is 47.4 Å². The predicted molar refractivity (Wildman–Crippen MR) is 95.2 cm³/mol. The molecule has 0 fully saturated rings. The number of hydrogen-bond acceptors (Lipinski definition) is 5. The second kappa shape index (κ2) is 8.38. The fraction of sp³-hybridized carbons (Fsp3) is 0.235. The van der Waals surface area contributed by atoms with Gasteiger partial charge in [-0.25, -0.2) is 8.42 Å². The monoisotopic (exact) mass is 418 g/mol. The number of methoxy groups -OCH3 is 2. The summed E-state index contributed by atoms with van der Waals surface area (Å²) in [5, 5.41) is 1.68. The molecule has 7 nitrogen and oxygen atoms in total. The third kappa shape index (κ3) is 5.52. The second-order valence-corrected chi connectivity index (χ2v) is 7.18. The van der Waals surface area contributed by atoms with Crippen LogP contribution >= 0.6 is 0 Å². The molecule has 0 saturated heterocycles. The van der Waals surface area contributed by atoms with Crippen molar-refractivity contribution in [1.29, 1.82) is 0 Å². The Labute approximate surface area is 159 Å².